The molecule has 6 heteroatoms. The predicted octanol–water partition coefficient (Wildman–Crippen LogP) is 8.87. The maximum atomic E-state index is 13.6. The number of unbranched alkanes of at least 4 members (excludes halogenated alkanes) is 1. The lowest BCUT2D eigenvalue weighted by molar-refractivity contribution is 0.182. The number of hydrogen-bond acceptors (Lipinski definition) is 1. The van der Waals surface area contributed by atoms with Gasteiger partial charge in [-0.15, -0.1) is 0 Å². The summed E-state index contributed by atoms with van der Waals surface area (Å²) >= 11 is 6.45. The first-order valence-electron chi connectivity index (χ1n) is 10.6. The van der Waals surface area contributed by atoms with Gasteiger partial charge in [0, 0.05) is 23.4 Å². The van der Waals surface area contributed by atoms with Crippen LogP contribution in [0, 0.1) is 12.7 Å². The molecule has 2 aromatic carbocycles. The lowest BCUT2D eigenvalue weighted by Gasteiger charge is -2.14. The highest BCUT2D eigenvalue weighted by Gasteiger charge is 2.23. The normalized spacial score (nSPS) is 14.6. The molecule has 170 valence electrons. The van der Waals surface area contributed by atoms with Gasteiger partial charge in [0.2, 0.25) is 0 Å². The van der Waals surface area contributed by atoms with E-state index in [0.717, 1.165) is 41.5 Å². The molecule has 1 aliphatic carbocycles. The third-order valence-electron chi connectivity index (χ3n) is 5.35. The number of allylic oxidation sites excluding steroid dienone is 6. The van der Waals surface area contributed by atoms with E-state index in [-0.39, 0.29) is 31.0 Å². The zero-order valence-electron chi connectivity index (χ0n) is 17.9. The van der Waals surface area contributed by atoms with E-state index in [1.165, 1.54) is 12.1 Å². The number of hydrogen-bond donors (Lipinski definition) is 0. The average Bonchev–Trinajstić information content (AvgIpc) is 2.77. The van der Waals surface area contributed by atoms with E-state index >= 15 is 0 Å². The fourth-order valence-electron chi connectivity index (χ4n) is 3.56. The fraction of sp³-hybridized carbons (Fsp3) is 0.308. The molecule has 2 aromatic rings. The predicted molar refractivity (Wildman–Crippen MR) is 121 cm³/mol. The highest BCUT2D eigenvalue weighted by Crippen LogP contribution is 2.34. The van der Waals surface area contributed by atoms with Crippen molar-refractivity contribution in [2.45, 2.75) is 45.4 Å². The minimum absolute atomic E-state index is 0.0425. The molecule has 0 atom stereocenters. The maximum Gasteiger partial charge on any atom is 0.199 e. The van der Waals surface area contributed by atoms with Gasteiger partial charge in [-0.3, -0.25) is 0 Å². The van der Waals surface area contributed by atoms with Gasteiger partial charge in [0.1, 0.15) is 17.4 Å². The largest absolute Gasteiger partial charge is 0.495 e. The van der Waals surface area contributed by atoms with Crippen molar-refractivity contribution >= 4 is 11.6 Å². The van der Waals surface area contributed by atoms with Crippen LogP contribution in [0.2, 0.25) is 5.02 Å². The molecule has 0 spiro atoms. The van der Waals surface area contributed by atoms with E-state index < -0.39 is 17.5 Å². The van der Waals surface area contributed by atoms with Gasteiger partial charge in [0.05, 0.1) is 6.61 Å². The monoisotopic (exact) mass is 464 g/mol. The third kappa shape index (κ3) is 6.26. The number of benzene rings is 2. The summed E-state index contributed by atoms with van der Waals surface area (Å²) in [6.07, 6.45) is 6.99. The molecule has 0 saturated heterocycles. The summed E-state index contributed by atoms with van der Waals surface area (Å²) in [6.45, 7) is 2.26. The second kappa shape index (κ2) is 11.4. The molecule has 1 aliphatic rings. The maximum absolute atomic E-state index is 13.6. The zero-order chi connectivity index (χ0) is 23.1. The molecule has 0 bridgehead atoms. The Morgan fingerprint density at radius 2 is 1.75 bits per heavy atom. The highest BCUT2D eigenvalue weighted by atomic mass is 35.5. The van der Waals surface area contributed by atoms with Crippen molar-refractivity contribution in [1.29, 1.82) is 0 Å². The van der Waals surface area contributed by atoms with Crippen LogP contribution < -0.4 is 0 Å². The highest BCUT2D eigenvalue weighted by molar-refractivity contribution is 6.33. The lowest BCUT2D eigenvalue weighted by atomic mass is 9.97. The molecule has 0 radical (unpaired) electrons. The van der Waals surface area contributed by atoms with Crippen molar-refractivity contribution in [3.63, 3.8) is 0 Å². The number of halogens is 5. The standard InChI is InChI=1S/C26H25ClF4O/c1-17-14-21(19-9-7-10-20(28)15-19)22(27)16-18(17)8-5-3-2-4-6-13-32-24-12-11-23(29)25(30)26(24)31/h2-3,7,9-10,14-16H,4-6,8,11-13H2,1H3. The first-order valence-corrected chi connectivity index (χ1v) is 11.0. The van der Waals surface area contributed by atoms with E-state index in [0.29, 0.717) is 11.4 Å². The Bertz CT molecular complexity index is 1060. The van der Waals surface area contributed by atoms with E-state index in [2.05, 4.69) is 6.08 Å². The molecular formula is C26H25ClF4O. The van der Waals surface area contributed by atoms with Crippen LogP contribution in [-0.2, 0) is 11.2 Å². The Balaban J connectivity index is 1.44. The molecule has 32 heavy (non-hydrogen) atoms. The summed E-state index contributed by atoms with van der Waals surface area (Å²) in [5, 5.41) is 0.591. The van der Waals surface area contributed by atoms with Crippen molar-refractivity contribution < 1.29 is 22.3 Å². The Morgan fingerprint density at radius 3 is 2.53 bits per heavy atom. The lowest BCUT2D eigenvalue weighted by Crippen LogP contribution is -2.03. The Kier molecular flexibility index (Phi) is 8.57. The van der Waals surface area contributed by atoms with Crippen molar-refractivity contribution in [3.05, 3.63) is 93.8 Å². The fourth-order valence-corrected chi connectivity index (χ4v) is 3.86. The molecule has 3 rings (SSSR count). The summed E-state index contributed by atoms with van der Waals surface area (Å²) < 4.78 is 58.6. The summed E-state index contributed by atoms with van der Waals surface area (Å²) in [5.74, 6) is -4.12. The van der Waals surface area contributed by atoms with Crippen LogP contribution >= 0.6 is 11.6 Å². The van der Waals surface area contributed by atoms with Gasteiger partial charge < -0.3 is 4.74 Å². The van der Waals surface area contributed by atoms with Crippen LogP contribution in [0.5, 0.6) is 0 Å². The van der Waals surface area contributed by atoms with Gasteiger partial charge in [-0.1, -0.05) is 35.9 Å². The van der Waals surface area contributed by atoms with Gasteiger partial charge in [-0.2, -0.15) is 4.39 Å². The van der Waals surface area contributed by atoms with Crippen LogP contribution in [0.1, 0.15) is 43.2 Å². The first-order chi connectivity index (χ1) is 15.4. The van der Waals surface area contributed by atoms with Crippen LogP contribution in [-0.4, -0.2) is 6.61 Å². The minimum atomic E-state index is -1.44. The van der Waals surface area contributed by atoms with Crippen molar-refractivity contribution in [2.24, 2.45) is 0 Å². The van der Waals surface area contributed by atoms with Crippen LogP contribution in [0.3, 0.4) is 0 Å². The van der Waals surface area contributed by atoms with Gasteiger partial charge in [-0.05, 0) is 73.6 Å². The number of rotatable bonds is 9. The van der Waals surface area contributed by atoms with E-state index in [1.807, 2.05) is 31.2 Å². The molecular weight excluding hydrogens is 440 g/mol. The quantitative estimate of drug-likeness (QED) is 0.204. The van der Waals surface area contributed by atoms with Crippen molar-refractivity contribution in [1.82, 2.24) is 0 Å². The van der Waals surface area contributed by atoms with E-state index in [4.69, 9.17) is 16.3 Å². The third-order valence-corrected chi connectivity index (χ3v) is 5.66. The Morgan fingerprint density at radius 1 is 0.969 bits per heavy atom. The first kappa shape index (κ1) is 24.1. The molecule has 0 N–H and O–H groups in total. The van der Waals surface area contributed by atoms with Crippen LogP contribution in [0.25, 0.3) is 11.1 Å². The van der Waals surface area contributed by atoms with E-state index in [1.54, 1.807) is 6.07 Å². The Labute approximate surface area is 191 Å². The molecule has 0 amide bonds. The summed E-state index contributed by atoms with van der Waals surface area (Å²) in [5.41, 5.74) is 3.78. The molecule has 0 aliphatic heterocycles. The smallest absolute Gasteiger partial charge is 0.199 e. The van der Waals surface area contributed by atoms with Crippen LogP contribution in [0.15, 0.2) is 71.8 Å². The van der Waals surface area contributed by atoms with Gasteiger partial charge in [-0.25, -0.2) is 13.2 Å². The van der Waals surface area contributed by atoms with Gasteiger partial charge in [0.25, 0.3) is 0 Å². The molecule has 0 saturated carbocycles. The summed E-state index contributed by atoms with van der Waals surface area (Å²) in [6, 6.07) is 10.3. The average molecular weight is 465 g/mol. The summed E-state index contributed by atoms with van der Waals surface area (Å²) in [4.78, 5) is 0. The number of aryl methyl sites for hydroxylation is 2. The van der Waals surface area contributed by atoms with Crippen LogP contribution in [0.4, 0.5) is 17.6 Å². The van der Waals surface area contributed by atoms with E-state index in [9.17, 15) is 17.6 Å². The van der Waals surface area contributed by atoms with Crippen molar-refractivity contribution in [2.75, 3.05) is 6.61 Å². The molecule has 0 fully saturated rings. The topological polar surface area (TPSA) is 9.23 Å². The van der Waals surface area contributed by atoms with Gasteiger partial charge in [0.15, 0.2) is 11.7 Å². The van der Waals surface area contributed by atoms with Crippen molar-refractivity contribution in [3.8, 4) is 11.1 Å². The second-order valence-electron chi connectivity index (χ2n) is 7.73. The second-order valence-corrected chi connectivity index (χ2v) is 8.13. The molecule has 0 aromatic heterocycles. The Hall–Kier alpha value is -2.53. The molecule has 0 unspecified atom stereocenters. The summed E-state index contributed by atoms with van der Waals surface area (Å²) in [7, 11) is 0. The zero-order valence-corrected chi connectivity index (χ0v) is 18.6. The molecule has 0 heterocycles. The number of ether oxygens (including phenoxy) is 1. The molecule has 1 nitrogen and oxygen atoms in total. The van der Waals surface area contributed by atoms with Gasteiger partial charge >= 0.3 is 0 Å². The SMILES string of the molecule is Cc1cc(-c2cccc(F)c2)c(Cl)cc1CCC=CCCCOC1=C(F)C(F)=C(F)CC1. The minimum Gasteiger partial charge on any atom is -0.495 e.